The van der Waals surface area contributed by atoms with Gasteiger partial charge in [0.25, 0.3) is 0 Å². The average molecular weight is 346 g/mol. The zero-order valence-corrected chi connectivity index (χ0v) is 15.7. The predicted molar refractivity (Wildman–Crippen MR) is 102 cm³/mol. The van der Waals surface area contributed by atoms with Crippen LogP contribution in [0.4, 0.5) is 16.2 Å². The van der Waals surface area contributed by atoms with Gasteiger partial charge in [-0.3, -0.25) is 9.69 Å². The first-order valence-corrected chi connectivity index (χ1v) is 9.15. The van der Waals surface area contributed by atoms with Gasteiger partial charge in [-0.05, 0) is 43.8 Å². The monoisotopic (exact) mass is 346 g/mol. The van der Waals surface area contributed by atoms with Crippen molar-refractivity contribution in [3.8, 4) is 0 Å². The third kappa shape index (κ3) is 5.19. The van der Waals surface area contributed by atoms with Gasteiger partial charge in [0.1, 0.15) is 0 Å². The van der Waals surface area contributed by atoms with Crippen LogP contribution in [0.3, 0.4) is 0 Å². The molecule has 1 saturated heterocycles. The molecule has 0 saturated carbocycles. The third-order valence-electron chi connectivity index (χ3n) is 4.71. The minimum atomic E-state index is -0.0618. The van der Waals surface area contributed by atoms with Crippen molar-refractivity contribution in [2.45, 2.75) is 40.2 Å². The number of benzene rings is 1. The second kappa shape index (κ2) is 8.85. The Labute approximate surface area is 150 Å². The van der Waals surface area contributed by atoms with Crippen LogP contribution in [-0.4, -0.2) is 54.0 Å². The molecule has 0 bridgehead atoms. The first-order chi connectivity index (χ1) is 11.9. The van der Waals surface area contributed by atoms with Crippen molar-refractivity contribution < 1.29 is 9.59 Å². The van der Waals surface area contributed by atoms with Crippen molar-refractivity contribution in [1.82, 2.24) is 9.80 Å². The molecule has 6 heteroatoms. The first kappa shape index (κ1) is 19.2. The van der Waals surface area contributed by atoms with E-state index in [1.807, 2.05) is 30.9 Å². The van der Waals surface area contributed by atoms with E-state index < -0.39 is 0 Å². The van der Waals surface area contributed by atoms with E-state index in [1.54, 1.807) is 12.1 Å². The quantitative estimate of drug-likeness (QED) is 0.831. The number of likely N-dealkylation sites (N-methyl/N-ethyl adjacent to an activating group) is 1. The lowest BCUT2D eigenvalue weighted by Gasteiger charge is -2.26. The molecule has 1 fully saturated rings. The molecule has 3 amide bonds. The highest BCUT2D eigenvalue weighted by Gasteiger charge is 2.29. The molecule has 1 aliphatic rings. The number of hydrogen-bond donors (Lipinski definition) is 2. The first-order valence-electron chi connectivity index (χ1n) is 9.15. The topological polar surface area (TPSA) is 64.7 Å². The number of hydrogen-bond acceptors (Lipinski definition) is 3. The Morgan fingerprint density at radius 3 is 2.20 bits per heavy atom. The summed E-state index contributed by atoms with van der Waals surface area (Å²) in [5, 5.41) is 5.78. The molecule has 1 atom stereocenters. The second-order valence-electron chi connectivity index (χ2n) is 6.76. The number of nitrogens with zero attached hydrogens (tertiary/aromatic N) is 2. The lowest BCUT2D eigenvalue weighted by Crippen LogP contribution is -2.39. The summed E-state index contributed by atoms with van der Waals surface area (Å²) in [6.45, 7) is 11.6. The highest BCUT2D eigenvalue weighted by Crippen LogP contribution is 2.18. The molecule has 1 aromatic rings. The molecule has 1 heterocycles. The molecule has 2 rings (SSSR count). The molecule has 25 heavy (non-hydrogen) atoms. The number of amides is 3. The van der Waals surface area contributed by atoms with Crippen molar-refractivity contribution in [3.05, 3.63) is 24.3 Å². The van der Waals surface area contributed by atoms with Gasteiger partial charge in [-0.25, -0.2) is 4.79 Å². The van der Waals surface area contributed by atoms with Gasteiger partial charge in [-0.15, -0.1) is 0 Å². The number of carbonyl (C=O) groups excluding carboxylic acids is 2. The number of rotatable bonds is 6. The van der Waals surface area contributed by atoms with E-state index in [-0.39, 0.29) is 17.9 Å². The SMILES string of the molecule is CCN(CC)[C@H]1CCN(C(=O)Nc2ccc(NC(=O)C(C)C)cc2)C1. The van der Waals surface area contributed by atoms with Gasteiger partial charge in [0.05, 0.1) is 0 Å². The highest BCUT2D eigenvalue weighted by molar-refractivity contribution is 5.93. The number of anilines is 2. The summed E-state index contributed by atoms with van der Waals surface area (Å²) >= 11 is 0. The minimum Gasteiger partial charge on any atom is -0.326 e. The Kier molecular flexibility index (Phi) is 6.82. The number of carbonyl (C=O) groups is 2. The Balaban J connectivity index is 1.88. The zero-order chi connectivity index (χ0) is 18.4. The lowest BCUT2D eigenvalue weighted by atomic mass is 10.2. The van der Waals surface area contributed by atoms with Crippen LogP contribution < -0.4 is 10.6 Å². The molecule has 0 spiro atoms. The van der Waals surface area contributed by atoms with Crippen molar-refractivity contribution in [2.24, 2.45) is 5.92 Å². The number of likely N-dealkylation sites (tertiary alicyclic amines) is 1. The molecule has 1 aromatic carbocycles. The summed E-state index contributed by atoms with van der Waals surface area (Å²) in [4.78, 5) is 28.4. The van der Waals surface area contributed by atoms with Crippen molar-refractivity contribution in [3.63, 3.8) is 0 Å². The summed E-state index contributed by atoms with van der Waals surface area (Å²) in [5.74, 6) is -0.0791. The Hall–Kier alpha value is -2.08. The normalized spacial score (nSPS) is 17.2. The summed E-state index contributed by atoms with van der Waals surface area (Å²) in [5.41, 5.74) is 1.47. The molecule has 0 radical (unpaired) electrons. The van der Waals surface area contributed by atoms with Crippen molar-refractivity contribution >= 4 is 23.3 Å². The smallest absolute Gasteiger partial charge is 0.321 e. The van der Waals surface area contributed by atoms with Crippen LogP contribution in [0.2, 0.25) is 0 Å². The zero-order valence-electron chi connectivity index (χ0n) is 15.7. The standard InChI is InChI=1S/C19H30N4O2/c1-5-22(6-2)17-11-12-23(13-17)19(25)21-16-9-7-15(8-10-16)20-18(24)14(3)4/h7-10,14,17H,5-6,11-13H2,1-4H3,(H,20,24)(H,21,25)/t17-/m0/s1. The summed E-state index contributed by atoms with van der Waals surface area (Å²) in [6, 6.07) is 7.62. The van der Waals surface area contributed by atoms with E-state index in [2.05, 4.69) is 29.4 Å². The van der Waals surface area contributed by atoms with Crippen LogP contribution in [0.25, 0.3) is 0 Å². The fourth-order valence-electron chi connectivity index (χ4n) is 3.09. The van der Waals surface area contributed by atoms with Crippen LogP contribution in [0, 0.1) is 5.92 Å². The van der Waals surface area contributed by atoms with Crippen LogP contribution in [0.1, 0.15) is 34.1 Å². The molecule has 0 unspecified atom stereocenters. The largest absolute Gasteiger partial charge is 0.326 e. The average Bonchev–Trinajstić information content (AvgIpc) is 3.07. The van der Waals surface area contributed by atoms with E-state index in [9.17, 15) is 9.59 Å². The summed E-state index contributed by atoms with van der Waals surface area (Å²) in [6.07, 6.45) is 1.02. The third-order valence-corrected chi connectivity index (χ3v) is 4.71. The van der Waals surface area contributed by atoms with Crippen LogP contribution in [0.5, 0.6) is 0 Å². The van der Waals surface area contributed by atoms with Crippen molar-refractivity contribution in [1.29, 1.82) is 0 Å². The molecule has 0 aliphatic carbocycles. The van der Waals surface area contributed by atoms with Gasteiger partial charge < -0.3 is 15.5 Å². The van der Waals surface area contributed by atoms with Gasteiger partial charge in [-0.2, -0.15) is 0 Å². The Bertz CT molecular complexity index is 582. The number of urea groups is 1. The van der Waals surface area contributed by atoms with Crippen LogP contribution >= 0.6 is 0 Å². The van der Waals surface area contributed by atoms with Gasteiger partial charge >= 0.3 is 6.03 Å². The fraction of sp³-hybridized carbons (Fsp3) is 0.579. The predicted octanol–water partition coefficient (Wildman–Crippen LogP) is 3.23. The van der Waals surface area contributed by atoms with Crippen molar-refractivity contribution in [2.75, 3.05) is 36.8 Å². The molecule has 6 nitrogen and oxygen atoms in total. The lowest BCUT2D eigenvalue weighted by molar-refractivity contribution is -0.118. The maximum absolute atomic E-state index is 12.4. The Morgan fingerprint density at radius 2 is 1.68 bits per heavy atom. The van der Waals surface area contributed by atoms with Crippen LogP contribution in [0.15, 0.2) is 24.3 Å². The van der Waals surface area contributed by atoms with E-state index in [0.29, 0.717) is 6.04 Å². The molecule has 1 aliphatic heterocycles. The summed E-state index contributed by atoms with van der Waals surface area (Å²) < 4.78 is 0. The van der Waals surface area contributed by atoms with Gasteiger partial charge in [0.15, 0.2) is 0 Å². The van der Waals surface area contributed by atoms with E-state index >= 15 is 0 Å². The van der Waals surface area contributed by atoms with Gasteiger partial charge in [0.2, 0.25) is 5.91 Å². The highest BCUT2D eigenvalue weighted by atomic mass is 16.2. The fourth-order valence-corrected chi connectivity index (χ4v) is 3.09. The van der Waals surface area contributed by atoms with E-state index in [0.717, 1.165) is 44.0 Å². The van der Waals surface area contributed by atoms with Crippen LogP contribution in [-0.2, 0) is 4.79 Å². The maximum atomic E-state index is 12.4. The molecular formula is C19H30N4O2. The Morgan fingerprint density at radius 1 is 1.12 bits per heavy atom. The van der Waals surface area contributed by atoms with Gasteiger partial charge in [0, 0.05) is 36.4 Å². The minimum absolute atomic E-state index is 0.0173. The van der Waals surface area contributed by atoms with E-state index in [1.165, 1.54) is 0 Å². The maximum Gasteiger partial charge on any atom is 0.321 e. The molecule has 0 aromatic heterocycles. The molecule has 2 N–H and O–H groups in total. The van der Waals surface area contributed by atoms with Gasteiger partial charge in [-0.1, -0.05) is 27.7 Å². The summed E-state index contributed by atoms with van der Waals surface area (Å²) in [7, 11) is 0. The van der Waals surface area contributed by atoms with E-state index in [4.69, 9.17) is 0 Å². The molecule has 138 valence electrons. The number of nitrogens with one attached hydrogen (secondary N) is 2. The second-order valence-corrected chi connectivity index (χ2v) is 6.76. The molecular weight excluding hydrogens is 316 g/mol.